The third-order valence-electron chi connectivity index (χ3n) is 1.18. The minimum absolute atomic E-state index is 0.450. The van der Waals surface area contributed by atoms with E-state index < -0.39 is 6.09 Å². The van der Waals surface area contributed by atoms with E-state index in [4.69, 9.17) is 0 Å². The normalized spacial score (nSPS) is 9.08. The molecule has 1 N–H and O–H groups in total. The second kappa shape index (κ2) is 4.66. The number of amides is 1. The van der Waals surface area contributed by atoms with Crippen LogP contribution in [0.25, 0.3) is 0 Å². The highest BCUT2D eigenvalue weighted by molar-refractivity contribution is 7.94. The van der Waals surface area contributed by atoms with Crippen molar-refractivity contribution < 1.29 is 8.98 Å². The first-order chi connectivity index (χ1) is 5.83. The molecule has 64 valence electrons. The Hall–Kier alpha value is -1.16. The quantitative estimate of drug-likeness (QED) is 0.716. The summed E-state index contributed by atoms with van der Waals surface area (Å²) in [5.41, 5.74) is 0.733. The predicted molar refractivity (Wildman–Crippen MR) is 50.1 cm³/mol. The second-order valence-corrected chi connectivity index (χ2v) is 2.53. The summed E-state index contributed by atoms with van der Waals surface area (Å²) in [5, 5.41) is 2.56. The van der Waals surface area contributed by atoms with Crippen LogP contribution >= 0.6 is 12.0 Å². The number of benzene rings is 1. The van der Waals surface area contributed by atoms with Crippen molar-refractivity contribution in [3.05, 3.63) is 30.3 Å². The van der Waals surface area contributed by atoms with Gasteiger partial charge in [-0.2, -0.15) is 0 Å². The summed E-state index contributed by atoms with van der Waals surface area (Å²) in [5.74, 6) is 0. The molecule has 1 amide bonds. The number of carbonyl (C=O) groups is 1. The van der Waals surface area contributed by atoms with Crippen LogP contribution in [0.5, 0.6) is 0 Å². The smallest absolute Gasteiger partial charge is 0.375 e. The van der Waals surface area contributed by atoms with E-state index >= 15 is 0 Å². The highest BCUT2D eigenvalue weighted by Crippen LogP contribution is 2.06. The average Bonchev–Trinajstić information content (AvgIpc) is 2.06. The molecule has 0 aliphatic heterocycles. The number of anilines is 1. The zero-order valence-electron chi connectivity index (χ0n) is 6.61. The Morgan fingerprint density at radius 1 is 1.42 bits per heavy atom. The molecule has 3 nitrogen and oxygen atoms in total. The van der Waals surface area contributed by atoms with E-state index in [0.717, 1.165) is 17.7 Å². The topological polar surface area (TPSA) is 38.3 Å². The first kappa shape index (κ1) is 8.93. The number of rotatable bonds is 2. The molecule has 0 aliphatic carbocycles. The summed E-state index contributed by atoms with van der Waals surface area (Å²) in [6, 6.07) is 9.15. The number of para-hydroxylation sites is 1. The molecule has 0 heterocycles. The highest BCUT2D eigenvalue weighted by Gasteiger charge is 1.99. The van der Waals surface area contributed by atoms with E-state index in [0.29, 0.717) is 0 Å². The van der Waals surface area contributed by atoms with E-state index in [2.05, 4.69) is 9.50 Å². The van der Waals surface area contributed by atoms with E-state index in [1.807, 2.05) is 18.2 Å². The Balaban J connectivity index is 2.47. The molecule has 1 aromatic carbocycles. The molecule has 0 unspecified atom stereocenters. The molecule has 0 bridgehead atoms. The van der Waals surface area contributed by atoms with Gasteiger partial charge in [-0.25, -0.2) is 4.79 Å². The van der Waals surface area contributed by atoms with E-state index in [1.54, 1.807) is 18.4 Å². The second-order valence-electron chi connectivity index (χ2n) is 2.03. The minimum atomic E-state index is -0.450. The molecule has 0 saturated heterocycles. The Bertz CT molecular complexity index is 250. The van der Waals surface area contributed by atoms with Gasteiger partial charge in [0, 0.05) is 11.9 Å². The van der Waals surface area contributed by atoms with Gasteiger partial charge in [0.05, 0.1) is 12.0 Å². The van der Waals surface area contributed by atoms with Gasteiger partial charge in [-0.3, -0.25) is 5.32 Å². The van der Waals surface area contributed by atoms with Gasteiger partial charge in [0.1, 0.15) is 0 Å². The standard InChI is InChI=1S/C8H9NO2S/c1-12-11-8(10)9-7-5-3-2-4-6-7/h2-6H,1H3,(H,9,10). The van der Waals surface area contributed by atoms with Crippen molar-refractivity contribution in [2.24, 2.45) is 0 Å². The van der Waals surface area contributed by atoms with Crippen molar-refractivity contribution in [2.75, 3.05) is 11.6 Å². The molecule has 0 aromatic heterocycles. The lowest BCUT2D eigenvalue weighted by atomic mass is 10.3. The first-order valence-corrected chi connectivity index (χ1v) is 4.54. The summed E-state index contributed by atoms with van der Waals surface area (Å²) in [4.78, 5) is 10.9. The van der Waals surface area contributed by atoms with Crippen LogP contribution in [-0.4, -0.2) is 12.3 Å². The SMILES string of the molecule is CSOC(=O)Nc1ccccc1. The van der Waals surface area contributed by atoms with E-state index in [1.165, 1.54) is 0 Å². The van der Waals surface area contributed by atoms with Crippen LogP contribution in [0.1, 0.15) is 0 Å². The van der Waals surface area contributed by atoms with Gasteiger partial charge in [-0.1, -0.05) is 18.2 Å². The Labute approximate surface area is 75.3 Å². The summed E-state index contributed by atoms with van der Waals surface area (Å²) < 4.78 is 4.61. The van der Waals surface area contributed by atoms with Gasteiger partial charge in [0.15, 0.2) is 0 Å². The molecule has 0 aliphatic rings. The summed E-state index contributed by atoms with van der Waals surface area (Å²) in [6.07, 6.45) is 1.23. The zero-order chi connectivity index (χ0) is 8.81. The van der Waals surface area contributed by atoms with Crippen LogP contribution in [-0.2, 0) is 4.18 Å². The van der Waals surface area contributed by atoms with Crippen LogP contribution in [0.3, 0.4) is 0 Å². The molecule has 0 atom stereocenters. The first-order valence-electron chi connectivity index (χ1n) is 3.39. The lowest BCUT2D eigenvalue weighted by Gasteiger charge is -2.02. The number of hydrogen-bond donors (Lipinski definition) is 1. The van der Waals surface area contributed by atoms with Crippen molar-refractivity contribution >= 4 is 23.8 Å². The molecule has 1 rings (SSSR count). The lowest BCUT2D eigenvalue weighted by molar-refractivity contribution is 0.223. The number of nitrogens with one attached hydrogen (secondary N) is 1. The largest absolute Gasteiger partial charge is 0.423 e. The molecule has 1 aromatic rings. The van der Waals surface area contributed by atoms with Crippen LogP contribution < -0.4 is 5.32 Å². The van der Waals surface area contributed by atoms with Gasteiger partial charge in [0.25, 0.3) is 0 Å². The van der Waals surface area contributed by atoms with Gasteiger partial charge in [0.2, 0.25) is 0 Å². The lowest BCUT2D eigenvalue weighted by Crippen LogP contribution is -2.09. The maximum atomic E-state index is 10.9. The monoisotopic (exact) mass is 183 g/mol. The van der Waals surface area contributed by atoms with Gasteiger partial charge >= 0.3 is 6.09 Å². The fourth-order valence-corrected chi connectivity index (χ4v) is 0.929. The molecule has 4 heteroatoms. The zero-order valence-corrected chi connectivity index (χ0v) is 7.43. The Kier molecular flexibility index (Phi) is 3.47. The molecule has 0 spiro atoms. The van der Waals surface area contributed by atoms with Crippen molar-refractivity contribution in [3.8, 4) is 0 Å². The van der Waals surface area contributed by atoms with E-state index in [-0.39, 0.29) is 0 Å². The highest BCUT2D eigenvalue weighted by atomic mass is 32.2. The van der Waals surface area contributed by atoms with Crippen molar-refractivity contribution in [1.82, 2.24) is 0 Å². The third-order valence-corrected chi connectivity index (χ3v) is 1.50. The predicted octanol–water partition coefficient (Wildman–Crippen LogP) is 2.51. The number of hydrogen-bond acceptors (Lipinski definition) is 3. The fourth-order valence-electron chi connectivity index (χ4n) is 0.736. The summed E-state index contributed by atoms with van der Waals surface area (Å²) in [7, 11) is 0. The fraction of sp³-hybridized carbons (Fsp3) is 0.125. The van der Waals surface area contributed by atoms with E-state index in [9.17, 15) is 4.79 Å². The van der Waals surface area contributed by atoms with Crippen molar-refractivity contribution in [3.63, 3.8) is 0 Å². The minimum Gasteiger partial charge on any atom is -0.375 e. The molecule has 12 heavy (non-hydrogen) atoms. The third kappa shape index (κ3) is 2.84. The van der Waals surface area contributed by atoms with Gasteiger partial charge < -0.3 is 4.18 Å². The molecule has 0 fully saturated rings. The average molecular weight is 183 g/mol. The maximum absolute atomic E-state index is 10.9. The molecular weight excluding hydrogens is 174 g/mol. The Morgan fingerprint density at radius 3 is 2.67 bits per heavy atom. The summed E-state index contributed by atoms with van der Waals surface area (Å²) >= 11 is 1.02. The molecular formula is C8H9NO2S. The molecule has 0 radical (unpaired) electrons. The summed E-state index contributed by atoms with van der Waals surface area (Å²) in [6.45, 7) is 0. The molecule has 0 saturated carbocycles. The van der Waals surface area contributed by atoms with Crippen LogP contribution in [0.2, 0.25) is 0 Å². The van der Waals surface area contributed by atoms with Crippen LogP contribution in [0, 0.1) is 0 Å². The van der Waals surface area contributed by atoms with Gasteiger partial charge in [-0.05, 0) is 12.1 Å². The Morgan fingerprint density at radius 2 is 2.08 bits per heavy atom. The number of carbonyl (C=O) groups excluding carboxylic acids is 1. The van der Waals surface area contributed by atoms with Crippen molar-refractivity contribution in [1.29, 1.82) is 0 Å². The van der Waals surface area contributed by atoms with Crippen LogP contribution in [0.15, 0.2) is 30.3 Å². The van der Waals surface area contributed by atoms with Crippen LogP contribution in [0.4, 0.5) is 10.5 Å². The maximum Gasteiger partial charge on any atom is 0.423 e. The van der Waals surface area contributed by atoms with Gasteiger partial charge in [-0.15, -0.1) is 0 Å². The van der Waals surface area contributed by atoms with Crippen molar-refractivity contribution in [2.45, 2.75) is 0 Å².